The smallest absolute Gasteiger partial charge is 0.326 e. The highest BCUT2D eigenvalue weighted by molar-refractivity contribution is 8.18. The molecule has 0 spiro atoms. The summed E-state index contributed by atoms with van der Waals surface area (Å²) >= 11 is 0.763. The van der Waals surface area contributed by atoms with E-state index >= 15 is 0 Å². The molecule has 28 heavy (non-hydrogen) atoms. The van der Waals surface area contributed by atoms with Crippen molar-refractivity contribution in [1.82, 2.24) is 9.80 Å². The van der Waals surface area contributed by atoms with Gasteiger partial charge >= 0.3 is 5.97 Å². The average molecular weight is 404 g/mol. The van der Waals surface area contributed by atoms with Crippen molar-refractivity contribution in [1.29, 1.82) is 0 Å². The lowest BCUT2D eigenvalue weighted by molar-refractivity contribution is -0.152. The van der Waals surface area contributed by atoms with E-state index in [2.05, 4.69) is 0 Å². The summed E-state index contributed by atoms with van der Waals surface area (Å²) in [5, 5.41) is 8.76. The molecule has 1 N–H and O–H groups in total. The predicted octanol–water partition coefficient (Wildman–Crippen LogP) is 2.20. The van der Waals surface area contributed by atoms with Crippen LogP contribution in [0.4, 0.5) is 4.79 Å². The van der Waals surface area contributed by atoms with E-state index in [1.54, 1.807) is 37.5 Å². The van der Waals surface area contributed by atoms with Crippen molar-refractivity contribution in [2.75, 3.05) is 20.2 Å². The maximum absolute atomic E-state index is 12.6. The zero-order valence-corrected chi connectivity index (χ0v) is 16.1. The molecule has 1 aromatic carbocycles. The van der Waals surface area contributed by atoms with Gasteiger partial charge in [0.15, 0.2) is 0 Å². The number of carbonyl (C=O) groups excluding carboxylic acids is 3. The van der Waals surface area contributed by atoms with Gasteiger partial charge in [0.1, 0.15) is 18.3 Å². The number of carboxylic acid groups (broad SMARTS) is 1. The molecular weight excluding hydrogens is 384 g/mol. The largest absolute Gasteiger partial charge is 0.497 e. The summed E-state index contributed by atoms with van der Waals surface area (Å²) < 4.78 is 5.08. The van der Waals surface area contributed by atoms with Crippen molar-refractivity contribution in [2.24, 2.45) is 0 Å². The number of benzene rings is 1. The number of nitrogens with zero attached hydrogens (tertiary/aromatic N) is 2. The van der Waals surface area contributed by atoms with Crippen molar-refractivity contribution in [3.05, 3.63) is 34.7 Å². The Morgan fingerprint density at radius 2 is 1.96 bits per heavy atom. The average Bonchev–Trinajstić information content (AvgIpc) is 2.95. The first-order chi connectivity index (χ1) is 13.4. The van der Waals surface area contributed by atoms with Gasteiger partial charge in [0, 0.05) is 6.54 Å². The number of carboxylic acids is 1. The van der Waals surface area contributed by atoms with E-state index in [-0.39, 0.29) is 4.91 Å². The third-order valence-corrected chi connectivity index (χ3v) is 5.60. The molecule has 2 fully saturated rings. The van der Waals surface area contributed by atoms with Crippen LogP contribution in [-0.2, 0) is 14.4 Å². The fraction of sp³-hybridized carbons (Fsp3) is 0.368. The van der Waals surface area contributed by atoms with Crippen molar-refractivity contribution in [3.63, 3.8) is 0 Å². The number of carbonyl (C=O) groups is 4. The highest BCUT2D eigenvalue weighted by Crippen LogP contribution is 2.32. The van der Waals surface area contributed by atoms with Gasteiger partial charge in [0.25, 0.3) is 11.1 Å². The number of hydrogen-bond donors (Lipinski definition) is 1. The number of piperidine rings is 1. The minimum atomic E-state index is -1.07. The SMILES string of the molecule is COc1ccc(C=C2SC(=O)N(CC(=O)N3CCCCC3C(=O)O)C2=O)cc1. The molecule has 3 rings (SSSR count). The zero-order chi connectivity index (χ0) is 20.3. The lowest BCUT2D eigenvalue weighted by Crippen LogP contribution is -2.51. The predicted molar refractivity (Wildman–Crippen MR) is 103 cm³/mol. The standard InChI is InChI=1S/C19H20N2O6S/c1-27-13-7-5-12(6-8-13)10-15-17(23)21(19(26)28-15)11-16(22)20-9-3-2-4-14(20)18(24)25/h5-8,10,14H,2-4,9,11H2,1H3,(H,24,25). The first kappa shape index (κ1) is 19.9. The molecule has 2 aliphatic rings. The molecule has 8 nitrogen and oxygen atoms in total. The number of methoxy groups -OCH3 is 1. The molecule has 148 valence electrons. The third-order valence-electron chi connectivity index (χ3n) is 4.69. The van der Waals surface area contributed by atoms with Gasteiger partial charge in [-0.15, -0.1) is 0 Å². The number of hydrogen-bond acceptors (Lipinski definition) is 6. The number of ether oxygens (including phenoxy) is 1. The summed E-state index contributed by atoms with van der Waals surface area (Å²) in [6.45, 7) is -0.137. The van der Waals surface area contributed by atoms with Crippen LogP contribution in [0.3, 0.4) is 0 Å². The molecule has 2 saturated heterocycles. The van der Waals surface area contributed by atoms with Gasteiger partial charge in [-0.05, 0) is 54.8 Å². The Kier molecular flexibility index (Phi) is 6.03. The molecule has 1 unspecified atom stereocenters. The van der Waals surface area contributed by atoms with Gasteiger partial charge in [0.05, 0.1) is 12.0 Å². The molecule has 0 radical (unpaired) electrons. The lowest BCUT2D eigenvalue weighted by Gasteiger charge is -2.33. The Morgan fingerprint density at radius 3 is 2.61 bits per heavy atom. The number of thioether (sulfide) groups is 1. The van der Waals surface area contributed by atoms with E-state index in [1.165, 1.54) is 4.90 Å². The molecular formula is C19H20N2O6S. The first-order valence-electron chi connectivity index (χ1n) is 8.82. The van der Waals surface area contributed by atoms with E-state index in [1.807, 2.05) is 0 Å². The maximum Gasteiger partial charge on any atom is 0.326 e. The van der Waals surface area contributed by atoms with Gasteiger partial charge in [0.2, 0.25) is 5.91 Å². The molecule has 0 saturated carbocycles. The van der Waals surface area contributed by atoms with E-state index in [0.29, 0.717) is 25.1 Å². The Labute approximate surface area is 166 Å². The van der Waals surface area contributed by atoms with E-state index in [0.717, 1.165) is 28.6 Å². The molecule has 2 heterocycles. The van der Waals surface area contributed by atoms with Crippen LogP contribution in [0.15, 0.2) is 29.2 Å². The number of likely N-dealkylation sites (tertiary alicyclic amines) is 1. The summed E-state index contributed by atoms with van der Waals surface area (Å²) in [5.74, 6) is -1.48. The van der Waals surface area contributed by atoms with Crippen molar-refractivity contribution in [2.45, 2.75) is 25.3 Å². The van der Waals surface area contributed by atoms with Gasteiger partial charge in [-0.1, -0.05) is 12.1 Å². The van der Waals surface area contributed by atoms with Crippen LogP contribution in [-0.4, -0.2) is 64.2 Å². The van der Waals surface area contributed by atoms with Crippen LogP contribution in [0.5, 0.6) is 5.75 Å². The molecule has 3 amide bonds. The van der Waals surface area contributed by atoms with Crippen LogP contribution in [0.1, 0.15) is 24.8 Å². The van der Waals surface area contributed by atoms with Gasteiger partial charge < -0.3 is 14.7 Å². The summed E-state index contributed by atoms with van der Waals surface area (Å²) in [6, 6.07) is 6.08. The molecule has 2 aliphatic heterocycles. The Morgan fingerprint density at radius 1 is 1.25 bits per heavy atom. The van der Waals surface area contributed by atoms with Gasteiger partial charge in [-0.2, -0.15) is 0 Å². The second-order valence-corrected chi connectivity index (χ2v) is 7.47. The Bertz CT molecular complexity index is 835. The minimum absolute atomic E-state index is 0.219. The van der Waals surface area contributed by atoms with Crippen LogP contribution in [0, 0.1) is 0 Å². The summed E-state index contributed by atoms with van der Waals surface area (Å²) in [7, 11) is 1.55. The number of imide groups is 1. The van der Waals surface area contributed by atoms with Gasteiger partial charge in [-0.25, -0.2) is 4.79 Å². The van der Waals surface area contributed by atoms with E-state index < -0.39 is 35.6 Å². The van der Waals surface area contributed by atoms with Crippen LogP contribution in [0.25, 0.3) is 6.08 Å². The quantitative estimate of drug-likeness (QED) is 0.750. The molecule has 1 atom stereocenters. The Balaban J connectivity index is 1.71. The van der Waals surface area contributed by atoms with Crippen LogP contribution < -0.4 is 4.74 Å². The maximum atomic E-state index is 12.6. The van der Waals surface area contributed by atoms with Crippen molar-refractivity contribution >= 4 is 40.9 Å². The first-order valence-corrected chi connectivity index (χ1v) is 9.64. The van der Waals surface area contributed by atoms with E-state index in [4.69, 9.17) is 4.74 Å². The fourth-order valence-corrected chi connectivity index (χ4v) is 4.04. The molecule has 0 bridgehead atoms. The second kappa shape index (κ2) is 8.47. The summed E-state index contributed by atoms with van der Waals surface area (Å²) in [5.41, 5.74) is 0.722. The molecule has 1 aromatic rings. The second-order valence-electron chi connectivity index (χ2n) is 6.48. The zero-order valence-electron chi connectivity index (χ0n) is 15.3. The van der Waals surface area contributed by atoms with Gasteiger partial charge in [-0.3, -0.25) is 19.3 Å². The number of amides is 3. The van der Waals surface area contributed by atoms with E-state index in [9.17, 15) is 24.3 Å². The highest BCUT2D eigenvalue weighted by atomic mass is 32.2. The third kappa shape index (κ3) is 4.19. The topological polar surface area (TPSA) is 104 Å². The summed E-state index contributed by atoms with van der Waals surface area (Å²) in [4.78, 5) is 51.1. The van der Waals surface area contributed by atoms with Crippen molar-refractivity contribution in [3.8, 4) is 5.75 Å². The summed E-state index contributed by atoms with van der Waals surface area (Å²) in [6.07, 6.45) is 3.39. The monoisotopic (exact) mass is 404 g/mol. The molecule has 0 aliphatic carbocycles. The van der Waals surface area contributed by atoms with Crippen LogP contribution in [0.2, 0.25) is 0 Å². The van der Waals surface area contributed by atoms with Crippen LogP contribution >= 0.6 is 11.8 Å². The minimum Gasteiger partial charge on any atom is -0.497 e. The Hall–Kier alpha value is -2.81. The fourth-order valence-electron chi connectivity index (χ4n) is 3.20. The highest BCUT2D eigenvalue weighted by Gasteiger charge is 2.39. The lowest BCUT2D eigenvalue weighted by atomic mass is 10.0. The molecule has 9 heteroatoms. The number of aliphatic carboxylic acids is 1. The van der Waals surface area contributed by atoms with Crippen molar-refractivity contribution < 1.29 is 29.0 Å². The normalized spacial score (nSPS) is 21.3. The number of rotatable bonds is 5. The molecule has 0 aromatic heterocycles.